The van der Waals surface area contributed by atoms with Gasteiger partial charge in [-0.1, -0.05) is 36.7 Å². The average molecular weight is 272 g/mol. The summed E-state index contributed by atoms with van der Waals surface area (Å²) in [6.45, 7) is 3.29. The maximum atomic E-state index is 6.20. The van der Waals surface area contributed by atoms with Crippen molar-refractivity contribution < 1.29 is 0 Å². The van der Waals surface area contributed by atoms with Crippen molar-refractivity contribution >= 4 is 23.4 Å². The van der Waals surface area contributed by atoms with Crippen LogP contribution < -0.4 is 5.32 Å². The van der Waals surface area contributed by atoms with Gasteiger partial charge in [0, 0.05) is 11.1 Å². The molecule has 0 aliphatic rings. The van der Waals surface area contributed by atoms with E-state index in [1.54, 1.807) is 0 Å². The number of hydrogen-bond acceptors (Lipinski definition) is 2. The number of benzene rings is 1. The Balaban J connectivity index is 2.55. The molecular weight excluding hydrogens is 250 g/mol. The lowest BCUT2D eigenvalue weighted by Crippen LogP contribution is -2.32. The van der Waals surface area contributed by atoms with Crippen molar-refractivity contribution in [2.24, 2.45) is 0 Å². The second-order valence-electron chi connectivity index (χ2n) is 4.23. The smallest absolute Gasteiger partial charge is 0.0438 e. The summed E-state index contributed by atoms with van der Waals surface area (Å²) >= 11 is 8.11. The Labute approximate surface area is 114 Å². The monoisotopic (exact) mass is 271 g/mol. The molecule has 0 amide bonds. The van der Waals surface area contributed by atoms with Gasteiger partial charge in [0.05, 0.1) is 0 Å². The maximum absolute atomic E-state index is 6.20. The molecule has 17 heavy (non-hydrogen) atoms. The standard InChI is InChI=1S/C14H22ClNS/c1-3-9-16-13(8-10-17-2)11-12-6-4-5-7-14(12)15/h4-7,13,16H,3,8-11H2,1-2H3. The molecule has 1 aromatic carbocycles. The molecule has 1 unspecified atom stereocenters. The second kappa shape index (κ2) is 8.84. The van der Waals surface area contributed by atoms with E-state index >= 15 is 0 Å². The Morgan fingerprint density at radius 3 is 2.76 bits per heavy atom. The zero-order chi connectivity index (χ0) is 12.5. The first kappa shape index (κ1) is 14.9. The Bertz CT molecular complexity index is 309. The molecule has 0 aliphatic carbocycles. The molecule has 0 radical (unpaired) electrons. The quantitative estimate of drug-likeness (QED) is 0.767. The van der Waals surface area contributed by atoms with Crippen molar-refractivity contribution in [3.05, 3.63) is 34.9 Å². The zero-order valence-electron chi connectivity index (χ0n) is 10.7. The SMILES string of the molecule is CCCNC(CCSC)Cc1ccccc1Cl. The number of rotatable bonds is 8. The molecule has 0 aromatic heterocycles. The van der Waals surface area contributed by atoms with E-state index in [9.17, 15) is 0 Å². The highest BCUT2D eigenvalue weighted by molar-refractivity contribution is 7.98. The molecule has 0 spiro atoms. The topological polar surface area (TPSA) is 12.0 Å². The van der Waals surface area contributed by atoms with Gasteiger partial charge in [0.2, 0.25) is 0 Å². The molecule has 3 heteroatoms. The highest BCUT2D eigenvalue weighted by Crippen LogP contribution is 2.18. The first-order chi connectivity index (χ1) is 8.27. The van der Waals surface area contributed by atoms with Crippen molar-refractivity contribution in [3.63, 3.8) is 0 Å². The average Bonchev–Trinajstić information content (AvgIpc) is 2.35. The molecule has 0 aliphatic heterocycles. The number of nitrogens with one attached hydrogen (secondary N) is 1. The summed E-state index contributed by atoms with van der Waals surface area (Å²) < 4.78 is 0. The number of thioether (sulfide) groups is 1. The normalized spacial score (nSPS) is 12.6. The first-order valence-corrected chi connectivity index (χ1v) is 8.00. The van der Waals surface area contributed by atoms with Crippen LogP contribution in [0.4, 0.5) is 0 Å². The van der Waals surface area contributed by atoms with Crippen LogP contribution in [-0.4, -0.2) is 24.6 Å². The minimum atomic E-state index is 0.544. The summed E-state index contributed by atoms with van der Waals surface area (Å²) in [5.41, 5.74) is 1.25. The third-order valence-electron chi connectivity index (χ3n) is 2.78. The minimum absolute atomic E-state index is 0.544. The van der Waals surface area contributed by atoms with Gasteiger partial charge in [-0.05, 0) is 49.4 Å². The predicted octanol–water partition coefficient (Wildman–Crippen LogP) is 4.00. The van der Waals surface area contributed by atoms with Crippen LogP contribution in [0.3, 0.4) is 0 Å². The predicted molar refractivity (Wildman–Crippen MR) is 80.2 cm³/mol. The molecule has 0 bridgehead atoms. The zero-order valence-corrected chi connectivity index (χ0v) is 12.3. The Morgan fingerprint density at radius 1 is 1.35 bits per heavy atom. The van der Waals surface area contributed by atoms with Gasteiger partial charge in [0.1, 0.15) is 0 Å². The van der Waals surface area contributed by atoms with Gasteiger partial charge in [0.25, 0.3) is 0 Å². The van der Waals surface area contributed by atoms with E-state index in [0.29, 0.717) is 6.04 Å². The van der Waals surface area contributed by atoms with E-state index in [1.807, 2.05) is 23.9 Å². The summed E-state index contributed by atoms with van der Waals surface area (Å²) in [6, 6.07) is 8.70. The molecule has 1 nitrogen and oxygen atoms in total. The fraction of sp³-hybridized carbons (Fsp3) is 0.571. The summed E-state index contributed by atoms with van der Waals surface area (Å²) in [6.07, 6.45) is 5.57. The van der Waals surface area contributed by atoms with Crippen LogP contribution in [0.15, 0.2) is 24.3 Å². The summed E-state index contributed by atoms with van der Waals surface area (Å²) in [5, 5.41) is 4.50. The first-order valence-electron chi connectivity index (χ1n) is 6.23. The molecule has 1 rings (SSSR count). The van der Waals surface area contributed by atoms with Crippen molar-refractivity contribution in [2.45, 2.75) is 32.2 Å². The molecule has 96 valence electrons. The van der Waals surface area contributed by atoms with Crippen molar-refractivity contribution in [1.82, 2.24) is 5.32 Å². The van der Waals surface area contributed by atoms with Crippen LogP contribution in [-0.2, 0) is 6.42 Å². The number of hydrogen-bond donors (Lipinski definition) is 1. The Hall–Kier alpha value is -0.180. The molecule has 0 heterocycles. The largest absolute Gasteiger partial charge is 0.314 e. The van der Waals surface area contributed by atoms with Crippen molar-refractivity contribution in [1.29, 1.82) is 0 Å². The molecule has 1 atom stereocenters. The Morgan fingerprint density at radius 2 is 2.12 bits per heavy atom. The van der Waals surface area contributed by atoms with Crippen LogP contribution in [0.25, 0.3) is 0 Å². The van der Waals surface area contributed by atoms with Gasteiger partial charge in [-0.2, -0.15) is 11.8 Å². The highest BCUT2D eigenvalue weighted by Gasteiger charge is 2.10. The minimum Gasteiger partial charge on any atom is -0.314 e. The molecule has 0 fully saturated rings. The van der Waals surface area contributed by atoms with Crippen LogP contribution >= 0.6 is 23.4 Å². The Kier molecular flexibility index (Phi) is 7.74. The van der Waals surface area contributed by atoms with E-state index < -0.39 is 0 Å². The van der Waals surface area contributed by atoms with Crippen LogP contribution in [0, 0.1) is 0 Å². The van der Waals surface area contributed by atoms with Crippen LogP contribution in [0.5, 0.6) is 0 Å². The molecule has 1 aromatic rings. The van der Waals surface area contributed by atoms with E-state index in [1.165, 1.54) is 24.2 Å². The lowest BCUT2D eigenvalue weighted by Gasteiger charge is -2.18. The third kappa shape index (κ3) is 5.80. The van der Waals surface area contributed by atoms with Gasteiger partial charge in [-0.15, -0.1) is 0 Å². The number of halogens is 1. The molecular formula is C14H22ClNS. The third-order valence-corrected chi connectivity index (χ3v) is 3.79. The van der Waals surface area contributed by atoms with Gasteiger partial charge >= 0.3 is 0 Å². The molecule has 0 saturated carbocycles. The fourth-order valence-electron chi connectivity index (χ4n) is 1.81. The maximum Gasteiger partial charge on any atom is 0.0438 e. The van der Waals surface area contributed by atoms with Crippen molar-refractivity contribution in [3.8, 4) is 0 Å². The van der Waals surface area contributed by atoms with E-state index in [4.69, 9.17) is 11.6 Å². The lowest BCUT2D eigenvalue weighted by molar-refractivity contribution is 0.498. The van der Waals surface area contributed by atoms with Gasteiger partial charge < -0.3 is 5.32 Å². The summed E-state index contributed by atoms with van der Waals surface area (Å²) in [7, 11) is 0. The molecule has 1 N–H and O–H groups in total. The van der Waals surface area contributed by atoms with E-state index in [2.05, 4.69) is 30.6 Å². The van der Waals surface area contributed by atoms with Gasteiger partial charge in [-0.3, -0.25) is 0 Å². The van der Waals surface area contributed by atoms with Crippen LogP contribution in [0.2, 0.25) is 5.02 Å². The van der Waals surface area contributed by atoms with Gasteiger partial charge in [0.15, 0.2) is 0 Å². The fourth-order valence-corrected chi connectivity index (χ4v) is 2.55. The van der Waals surface area contributed by atoms with Crippen molar-refractivity contribution in [2.75, 3.05) is 18.6 Å². The van der Waals surface area contributed by atoms with Crippen LogP contribution in [0.1, 0.15) is 25.3 Å². The summed E-state index contributed by atoms with van der Waals surface area (Å²) in [4.78, 5) is 0. The lowest BCUT2D eigenvalue weighted by atomic mass is 10.0. The van der Waals surface area contributed by atoms with E-state index in [0.717, 1.165) is 18.0 Å². The summed E-state index contributed by atoms with van der Waals surface area (Å²) in [5.74, 6) is 1.20. The molecule has 0 saturated heterocycles. The van der Waals surface area contributed by atoms with E-state index in [-0.39, 0.29) is 0 Å². The second-order valence-corrected chi connectivity index (χ2v) is 5.62. The highest BCUT2D eigenvalue weighted by atomic mass is 35.5. The van der Waals surface area contributed by atoms with Gasteiger partial charge in [-0.25, -0.2) is 0 Å².